The van der Waals surface area contributed by atoms with Crippen LogP contribution in [0.15, 0.2) is 41.8 Å². The second kappa shape index (κ2) is 7.61. The predicted molar refractivity (Wildman–Crippen MR) is 84.4 cm³/mol. The first-order valence-corrected chi connectivity index (χ1v) is 7.77. The van der Waals surface area contributed by atoms with Crippen molar-refractivity contribution >= 4 is 23.2 Å². The molecule has 0 aliphatic carbocycles. The van der Waals surface area contributed by atoms with Crippen molar-refractivity contribution in [2.75, 3.05) is 6.61 Å². The molecule has 0 unspecified atom stereocenters. The number of carbonyl (C=O) groups excluding carboxylic acids is 1. The van der Waals surface area contributed by atoms with E-state index in [0.717, 1.165) is 4.88 Å². The number of rotatable bonds is 7. The minimum atomic E-state index is -0.953. The first-order valence-electron chi connectivity index (χ1n) is 6.89. The average molecular weight is 319 g/mol. The van der Waals surface area contributed by atoms with Crippen molar-refractivity contribution in [3.63, 3.8) is 0 Å². The van der Waals surface area contributed by atoms with E-state index in [1.807, 2.05) is 24.4 Å². The molecule has 0 fully saturated rings. The minimum Gasteiger partial charge on any atom is -0.494 e. The van der Waals surface area contributed by atoms with Crippen molar-refractivity contribution in [2.24, 2.45) is 0 Å². The van der Waals surface area contributed by atoms with Crippen molar-refractivity contribution in [3.8, 4) is 5.75 Å². The van der Waals surface area contributed by atoms with Crippen molar-refractivity contribution in [1.82, 2.24) is 5.32 Å². The van der Waals surface area contributed by atoms with Crippen LogP contribution in [0.25, 0.3) is 0 Å². The van der Waals surface area contributed by atoms with Crippen LogP contribution in [0.1, 0.15) is 34.6 Å². The third-order valence-electron chi connectivity index (χ3n) is 3.00. The molecule has 6 heteroatoms. The highest BCUT2D eigenvalue weighted by atomic mass is 32.1. The molecular formula is C16H17NO4S. The number of carbonyl (C=O) groups is 2. The molecule has 0 saturated heterocycles. The van der Waals surface area contributed by atoms with E-state index >= 15 is 0 Å². The molecule has 2 aromatic rings. The summed E-state index contributed by atoms with van der Waals surface area (Å²) in [5.41, 5.74) is 0.468. The van der Waals surface area contributed by atoms with Gasteiger partial charge in [-0.15, -0.1) is 11.3 Å². The van der Waals surface area contributed by atoms with Gasteiger partial charge in [0.05, 0.1) is 19.1 Å². The molecule has 2 rings (SSSR count). The fraction of sp³-hybridized carbons (Fsp3) is 0.250. The van der Waals surface area contributed by atoms with Gasteiger partial charge in [0.2, 0.25) is 0 Å². The second-order valence-electron chi connectivity index (χ2n) is 4.60. The van der Waals surface area contributed by atoms with E-state index in [1.165, 1.54) is 11.3 Å². The number of benzene rings is 1. The van der Waals surface area contributed by atoms with E-state index in [0.29, 0.717) is 17.9 Å². The lowest BCUT2D eigenvalue weighted by molar-refractivity contribution is -0.137. The quantitative estimate of drug-likeness (QED) is 0.822. The molecule has 116 valence electrons. The number of amides is 1. The van der Waals surface area contributed by atoms with Gasteiger partial charge in [0.15, 0.2) is 0 Å². The second-order valence-corrected chi connectivity index (χ2v) is 5.58. The van der Waals surface area contributed by atoms with Gasteiger partial charge in [0.1, 0.15) is 5.75 Å². The summed E-state index contributed by atoms with van der Waals surface area (Å²) < 4.78 is 5.33. The van der Waals surface area contributed by atoms with Gasteiger partial charge >= 0.3 is 5.97 Å². The van der Waals surface area contributed by atoms with Gasteiger partial charge in [-0.25, -0.2) is 0 Å². The first-order chi connectivity index (χ1) is 10.6. The molecule has 2 N–H and O–H groups in total. The molecule has 5 nitrogen and oxygen atoms in total. The molecule has 0 aliphatic rings. The highest BCUT2D eigenvalue weighted by molar-refractivity contribution is 7.10. The summed E-state index contributed by atoms with van der Waals surface area (Å²) in [7, 11) is 0. The molecule has 1 aromatic carbocycles. The minimum absolute atomic E-state index is 0.150. The molecule has 0 radical (unpaired) electrons. The Kier molecular flexibility index (Phi) is 5.55. The number of aliphatic carboxylic acids is 1. The normalized spacial score (nSPS) is 11.7. The summed E-state index contributed by atoms with van der Waals surface area (Å²) in [5, 5.41) is 13.6. The van der Waals surface area contributed by atoms with E-state index in [9.17, 15) is 9.59 Å². The van der Waals surface area contributed by atoms with Gasteiger partial charge in [-0.2, -0.15) is 0 Å². The van der Waals surface area contributed by atoms with Crippen LogP contribution in [0.3, 0.4) is 0 Å². The van der Waals surface area contributed by atoms with Crippen LogP contribution in [0.5, 0.6) is 5.75 Å². The van der Waals surface area contributed by atoms with Crippen LogP contribution in [0, 0.1) is 0 Å². The van der Waals surface area contributed by atoms with Crippen molar-refractivity contribution in [1.29, 1.82) is 0 Å². The smallest absolute Gasteiger partial charge is 0.305 e. The molecule has 1 heterocycles. The number of carboxylic acids is 1. The summed E-state index contributed by atoms with van der Waals surface area (Å²) >= 11 is 1.42. The van der Waals surface area contributed by atoms with Gasteiger partial charge in [0.25, 0.3) is 5.91 Å². The summed E-state index contributed by atoms with van der Waals surface area (Å²) in [6.07, 6.45) is -0.150. The number of ether oxygens (including phenoxy) is 1. The summed E-state index contributed by atoms with van der Waals surface area (Å²) in [4.78, 5) is 24.1. The third-order valence-corrected chi connectivity index (χ3v) is 3.98. The Morgan fingerprint density at radius 3 is 2.55 bits per heavy atom. The maximum Gasteiger partial charge on any atom is 0.305 e. The highest BCUT2D eigenvalue weighted by Crippen LogP contribution is 2.23. The zero-order valence-corrected chi connectivity index (χ0v) is 12.9. The van der Waals surface area contributed by atoms with Gasteiger partial charge in [-0.3, -0.25) is 9.59 Å². The topological polar surface area (TPSA) is 75.6 Å². The number of nitrogens with one attached hydrogen (secondary N) is 1. The summed E-state index contributed by atoms with van der Waals surface area (Å²) in [6, 6.07) is 9.87. The molecular weight excluding hydrogens is 302 g/mol. The Balaban J connectivity index is 2.08. The van der Waals surface area contributed by atoms with Crippen LogP contribution in [-0.4, -0.2) is 23.6 Å². The molecule has 1 atom stereocenters. The van der Waals surface area contributed by atoms with Gasteiger partial charge in [-0.1, -0.05) is 6.07 Å². The fourth-order valence-electron chi connectivity index (χ4n) is 2.00. The van der Waals surface area contributed by atoms with Crippen molar-refractivity contribution in [3.05, 3.63) is 52.2 Å². The van der Waals surface area contributed by atoms with E-state index in [-0.39, 0.29) is 12.3 Å². The van der Waals surface area contributed by atoms with Gasteiger partial charge < -0.3 is 15.2 Å². The van der Waals surface area contributed by atoms with E-state index in [1.54, 1.807) is 24.3 Å². The zero-order chi connectivity index (χ0) is 15.9. The zero-order valence-electron chi connectivity index (χ0n) is 12.1. The van der Waals surface area contributed by atoms with Gasteiger partial charge in [-0.05, 0) is 42.6 Å². The largest absolute Gasteiger partial charge is 0.494 e. The Bertz CT molecular complexity index is 622. The fourth-order valence-corrected chi connectivity index (χ4v) is 2.78. The Morgan fingerprint density at radius 1 is 1.27 bits per heavy atom. The Hall–Kier alpha value is -2.34. The van der Waals surface area contributed by atoms with Crippen LogP contribution < -0.4 is 10.1 Å². The Morgan fingerprint density at radius 2 is 2.00 bits per heavy atom. The molecule has 0 aliphatic heterocycles. The summed E-state index contributed by atoms with van der Waals surface area (Å²) in [5.74, 6) is -0.563. The van der Waals surface area contributed by atoms with Crippen LogP contribution in [-0.2, 0) is 4.79 Å². The van der Waals surface area contributed by atoms with Crippen LogP contribution in [0.2, 0.25) is 0 Å². The van der Waals surface area contributed by atoms with Crippen LogP contribution >= 0.6 is 11.3 Å². The molecule has 1 amide bonds. The lowest BCUT2D eigenvalue weighted by Crippen LogP contribution is -2.29. The average Bonchev–Trinajstić information content (AvgIpc) is 3.01. The number of carboxylic acid groups (broad SMARTS) is 1. The number of hydrogen-bond acceptors (Lipinski definition) is 4. The van der Waals surface area contributed by atoms with Gasteiger partial charge in [0, 0.05) is 10.4 Å². The summed E-state index contributed by atoms with van der Waals surface area (Å²) in [6.45, 7) is 2.45. The third kappa shape index (κ3) is 4.33. The lowest BCUT2D eigenvalue weighted by Gasteiger charge is -2.15. The van der Waals surface area contributed by atoms with Crippen LogP contribution in [0.4, 0.5) is 0 Å². The molecule has 0 spiro atoms. The predicted octanol–water partition coefficient (Wildman–Crippen LogP) is 3.09. The monoisotopic (exact) mass is 319 g/mol. The lowest BCUT2D eigenvalue weighted by atomic mass is 10.1. The first kappa shape index (κ1) is 16.0. The number of hydrogen-bond donors (Lipinski definition) is 2. The molecule has 22 heavy (non-hydrogen) atoms. The molecule has 0 bridgehead atoms. The SMILES string of the molecule is CCOc1ccc(C(=O)N[C@H](CC(=O)O)c2cccs2)cc1. The van der Waals surface area contributed by atoms with Crippen molar-refractivity contribution in [2.45, 2.75) is 19.4 Å². The maximum atomic E-state index is 12.3. The van der Waals surface area contributed by atoms with E-state index < -0.39 is 12.0 Å². The number of thiophene rings is 1. The molecule has 0 saturated carbocycles. The van der Waals surface area contributed by atoms with Crippen molar-refractivity contribution < 1.29 is 19.4 Å². The van der Waals surface area contributed by atoms with E-state index in [4.69, 9.17) is 9.84 Å². The maximum absolute atomic E-state index is 12.3. The Labute approximate surface area is 132 Å². The molecule has 1 aromatic heterocycles. The van der Waals surface area contributed by atoms with E-state index in [2.05, 4.69) is 5.32 Å². The standard InChI is InChI=1S/C16H17NO4S/c1-2-21-12-7-5-11(6-8-12)16(20)17-13(10-15(18)19)14-4-3-9-22-14/h3-9,13H,2,10H2,1H3,(H,17,20)(H,18,19)/t13-/m1/s1. The highest BCUT2D eigenvalue weighted by Gasteiger charge is 2.19.